The minimum Gasteiger partial charge on any atom is -0.494 e. The lowest BCUT2D eigenvalue weighted by Gasteiger charge is -2.19. The number of ether oxygens (including phenoxy) is 3. The first-order valence-corrected chi connectivity index (χ1v) is 8.64. The number of amides is 1. The maximum Gasteiger partial charge on any atom is 0.257 e. The van der Waals surface area contributed by atoms with Gasteiger partial charge in [-0.2, -0.15) is 0 Å². The van der Waals surface area contributed by atoms with Crippen LogP contribution in [0.4, 0.5) is 5.69 Å². The molecule has 0 aliphatic heterocycles. The summed E-state index contributed by atoms with van der Waals surface area (Å²) < 4.78 is 16.5. The molecule has 6 heteroatoms. The fourth-order valence-electron chi connectivity index (χ4n) is 2.10. The summed E-state index contributed by atoms with van der Waals surface area (Å²) in [6, 6.07) is 10.6. The molecule has 26 heavy (non-hydrogen) atoms. The Hall–Kier alpha value is -2.60. The van der Waals surface area contributed by atoms with E-state index >= 15 is 0 Å². The number of anilines is 1. The summed E-state index contributed by atoms with van der Waals surface area (Å²) in [4.78, 5) is 16.4. The molecule has 6 nitrogen and oxygen atoms in total. The molecule has 0 saturated heterocycles. The van der Waals surface area contributed by atoms with Gasteiger partial charge in [0, 0.05) is 18.0 Å². The highest BCUT2D eigenvalue weighted by atomic mass is 16.5. The van der Waals surface area contributed by atoms with Crippen molar-refractivity contribution in [1.82, 2.24) is 4.98 Å². The van der Waals surface area contributed by atoms with E-state index in [0.29, 0.717) is 37.0 Å². The molecule has 2 rings (SSSR count). The van der Waals surface area contributed by atoms with Crippen LogP contribution in [0.15, 0.2) is 42.6 Å². The van der Waals surface area contributed by atoms with E-state index in [9.17, 15) is 4.79 Å². The van der Waals surface area contributed by atoms with Crippen molar-refractivity contribution < 1.29 is 19.0 Å². The molecule has 1 N–H and O–H groups in total. The van der Waals surface area contributed by atoms with Crippen LogP contribution in [0.5, 0.6) is 11.6 Å². The summed E-state index contributed by atoms with van der Waals surface area (Å²) in [5, 5.41) is 2.82. The van der Waals surface area contributed by atoms with Crippen LogP contribution in [0.2, 0.25) is 0 Å². The van der Waals surface area contributed by atoms with Gasteiger partial charge >= 0.3 is 0 Å². The van der Waals surface area contributed by atoms with Crippen molar-refractivity contribution in [2.45, 2.75) is 33.3 Å². The second-order valence-electron chi connectivity index (χ2n) is 6.61. The van der Waals surface area contributed by atoms with Crippen molar-refractivity contribution in [1.29, 1.82) is 0 Å². The Morgan fingerprint density at radius 1 is 1.04 bits per heavy atom. The Morgan fingerprint density at radius 2 is 1.77 bits per heavy atom. The number of carbonyl (C=O) groups excluding carboxylic acids is 1. The zero-order chi connectivity index (χ0) is 19.0. The minimum absolute atomic E-state index is 0.195. The lowest BCUT2D eigenvalue weighted by atomic mass is 10.2. The van der Waals surface area contributed by atoms with Gasteiger partial charge in [-0.25, -0.2) is 4.98 Å². The Kier molecular flexibility index (Phi) is 6.97. The van der Waals surface area contributed by atoms with E-state index in [4.69, 9.17) is 14.2 Å². The van der Waals surface area contributed by atoms with E-state index < -0.39 is 0 Å². The molecular formula is C20H26N2O4. The van der Waals surface area contributed by atoms with Gasteiger partial charge in [-0.3, -0.25) is 4.79 Å². The van der Waals surface area contributed by atoms with Crippen LogP contribution in [0.3, 0.4) is 0 Å². The van der Waals surface area contributed by atoms with Crippen molar-refractivity contribution in [3.63, 3.8) is 0 Å². The number of hydrogen-bond acceptors (Lipinski definition) is 5. The van der Waals surface area contributed by atoms with E-state index in [-0.39, 0.29) is 11.5 Å². The Morgan fingerprint density at radius 3 is 2.35 bits per heavy atom. The second kappa shape index (κ2) is 9.20. The number of benzene rings is 1. The topological polar surface area (TPSA) is 69.7 Å². The highest BCUT2D eigenvalue weighted by Gasteiger charge is 2.10. The smallest absolute Gasteiger partial charge is 0.257 e. The molecule has 140 valence electrons. The molecule has 0 fully saturated rings. The fraction of sp³-hybridized carbons (Fsp3) is 0.400. The first-order chi connectivity index (χ1) is 12.4. The van der Waals surface area contributed by atoms with Gasteiger partial charge in [0.1, 0.15) is 12.4 Å². The Bertz CT molecular complexity index is 691. The van der Waals surface area contributed by atoms with Gasteiger partial charge < -0.3 is 19.5 Å². The number of nitrogens with one attached hydrogen (secondary N) is 1. The quantitative estimate of drug-likeness (QED) is 0.724. The maximum absolute atomic E-state index is 12.3. The average Bonchev–Trinajstić information content (AvgIpc) is 2.60. The predicted molar refractivity (Wildman–Crippen MR) is 101 cm³/mol. The first kappa shape index (κ1) is 19.7. The van der Waals surface area contributed by atoms with Crippen molar-refractivity contribution in [3.05, 3.63) is 48.2 Å². The number of carbonyl (C=O) groups is 1. The molecule has 1 heterocycles. The van der Waals surface area contributed by atoms with Gasteiger partial charge in [0.25, 0.3) is 5.91 Å². The van der Waals surface area contributed by atoms with Crippen LogP contribution >= 0.6 is 0 Å². The molecule has 1 aromatic carbocycles. The SMILES string of the molecule is CCOc1ccc(NC(=O)c2ccc(OCCOC(C)(C)C)nc2)cc1. The van der Waals surface area contributed by atoms with Crippen LogP contribution in [-0.4, -0.2) is 36.3 Å². The molecule has 0 atom stereocenters. The van der Waals surface area contributed by atoms with E-state index in [0.717, 1.165) is 5.75 Å². The highest BCUT2D eigenvalue weighted by molar-refractivity contribution is 6.04. The van der Waals surface area contributed by atoms with Crippen LogP contribution in [0, 0.1) is 0 Å². The van der Waals surface area contributed by atoms with Crippen molar-refractivity contribution in [3.8, 4) is 11.6 Å². The van der Waals surface area contributed by atoms with Crippen LogP contribution in [0.1, 0.15) is 38.1 Å². The molecule has 1 amide bonds. The summed E-state index contributed by atoms with van der Waals surface area (Å²) in [5.41, 5.74) is 0.954. The zero-order valence-corrected chi connectivity index (χ0v) is 15.7. The normalized spacial score (nSPS) is 11.1. The van der Waals surface area contributed by atoms with Crippen LogP contribution in [0.25, 0.3) is 0 Å². The standard InChI is InChI=1S/C20H26N2O4/c1-5-24-17-9-7-16(8-10-17)22-19(23)15-6-11-18(21-14-15)25-12-13-26-20(2,3)4/h6-11,14H,5,12-13H2,1-4H3,(H,22,23). The molecule has 0 spiro atoms. The monoisotopic (exact) mass is 358 g/mol. The number of nitrogens with zero attached hydrogens (tertiary/aromatic N) is 1. The maximum atomic E-state index is 12.3. The molecule has 1 aromatic heterocycles. The number of hydrogen-bond donors (Lipinski definition) is 1. The van der Waals surface area contributed by atoms with Gasteiger partial charge in [0.05, 0.1) is 24.4 Å². The van der Waals surface area contributed by atoms with Crippen LogP contribution in [-0.2, 0) is 4.74 Å². The van der Waals surface area contributed by atoms with Crippen LogP contribution < -0.4 is 14.8 Å². The summed E-state index contributed by atoms with van der Waals surface area (Å²) in [5.74, 6) is 0.994. The van der Waals surface area contributed by atoms with Gasteiger partial charge in [0.2, 0.25) is 5.88 Å². The molecule has 0 radical (unpaired) electrons. The zero-order valence-electron chi connectivity index (χ0n) is 15.7. The summed E-state index contributed by atoms with van der Waals surface area (Å²) >= 11 is 0. The first-order valence-electron chi connectivity index (χ1n) is 8.64. The second-order valence-corrected chi connectivity index (χ2v) is 6.61. The van der Waals surface area contributed by atoms with E-state index in [1.54, 1.807) is 24.3 Å². The third kappa shape index (κ3) is 6.72. The van der Waals surface area contributed by atoms with E-state index in [1.165, 1.54) is 6.20 Å². The lowest BCUT2D eigenvalue weighted by molar-refractivity contribution is -0.0168. The molecular weight excluding hydrogens is 332 g/mol. The molecule has 0 aliphatic carbocycles. The van der Waals surface area contributed by atoms with Gasteiger partial charge in [-0.1, -0.05) is 0 Å². The van der Waals surface area contributed by atoms with E-state index in [1.807, 2.05) is 39.8 Å². The molecule has 0 saturated carbocycles. The average molecular weight is 358 g/mol. The Balaban J connectivity index is 1.84. The van der Waals surface area contributed by atoms with Gasteiger partial charge in [-0.05, 0) is 58.0 Å². The van der Waals surface area contributed by atoms with Crippen molar-refractivity contribution >= 4 is 11.6 Å². The van der Waals surface area contributed by atoms with Crippen molar-refractivity contribution in [2.75, 3.05) is 25.1 Å². The number of aromatic nitrogens is 1. The summed E-state index contributed by atoms with van der Waals surface area (Å²) in [6.07, 6.45) is 1.49. The van der Waals surface area contributed by atoms with Gasteiger partial charge in [0.15, 0.2) is 0 Å². The predicted octanol–water partition coefficient (Wildman–Crippen LogP) is 3.93. The fourth-order valence-corrected chi connectivity index (χ4v) is 2.10. The molecule has 0 aliphatic rings. The highest BCUT2D eigenvalue weighted by Crippen LogP contribution is 2.17. The van der Waals surface area contributed by atoms with Gasteiger partial charge in [-0.15, -0.1) is 0 Å². The number of rotatable bonds is 8. The number of pyridine rings is 1. The third-order valence-electron chi connectivity index (χ3n) is 3.29. The lowest BCUT2D eigenvalue weighted by Crippen LogP contribution is -2.22. The molecule has 0 unspecified atom stereocenters. The minimum atomic E-state index is -0.232. The van der Waals surface area contributed by atoms with Crippen molar-refractivity contribution in [2.24, 2.45) is 0 Å². The molecule has 0 bridgehead atoms. The summed E-state index contributed by atoms with van der Waals surface area (Å²) in [6.45, 7) is 9.38. The summed E-state index contributed by atoms with van der Waals surface area (Å²) in [7, 11) is 0. The molecule has 2 aromatic rings. The third-order valence-corrected chi connectivity index (χ3v) is 3.29. The van der Waals surface area contributed by atoms with E-state index in [2.05, 4.69) is 10.3 Å². The largest absolute Gasteiger partial charge is 0.494 e. The Labute approximate surface area is 154 Å².